The van der Waals surface area contributed by atoms with E-state index in [4.69, 9.17) is 4.74 Å². The number of Topliss-reactive ketones (excluding diaryl/α,β-unsaturated/α-hetero) is 1. The molecule has 0 fully saturated rings. The van der Waals surface area contributed by atoms with E-state index in [2.05, 4.69) is 21.2 Å². The topological polar surface area (TPSA) is 55.4 Å². The molecule has 0 aliphatic rings. The number of ether oxygens (including phenoxy) is 1. The van der Waals surface area contributed by atoms with Crippen molar-refractivity contribution >= 4 is 33.3 Å². The molecule has 1 N–H and O–H groups in total. The summed E-state index contributed by atoms with van der Waals surface area (Å²) >= 11 is 3.31. The summed E-state index contributed by atoms with van der Waals surface area (Å²) in [5, 5.41) is 2.60. The van der Waals surface area contributed by atoms with E-state index in [9.17, 15) is 14.0 Å². The highest BCUT2D eigenvalue weighted by Gasteiger charge is 2.08. The van der Waals surface area contributed by atoms with E-state index in [-0.39, 0.29) is 37.0 Å². The van der Waals surface area contributed by atoms with E-state index in [1.54, 1.807) is 12.1 Å². The van der Waals surface area contributed by atoms with Crippen molar-refractivity contribution in [1.82, 2.24) is 0 Å². The molecule has 0 aliphatic carbocycles. The molecule has 120 valence electrons. The minimum atomic E-state index is -0.372. The Morgan fingerprint density at radius 3 is 2.30 bits per heavy atom. The Bertz CT molecular complexity index is 671. The van der Waals surface area contributed by atoms with Crippen LogP contribution in [0.4, 0.5) is 10.1 Å². The Morgan fingerprint density at radius 2 is 1.65 bits per heavy atom. The second kappa shape index (κ2) is 8.43. The highest BCUT2D eigenvalue weighted by Crippen LogP contribution is 2.16. The number of hydrogen-bond donors (Lipinski definition) is 1. The largest absolute Gasteiger partial charge is 0.486 e. The van der Waals surface area contributed by atoms with Crippen LogP contribution in [0.3, 0.4) is 0 Å². The highest BCUT2D eigenvalue weighted by atomic mass is 79.9. The molecule has 0 atom stereocenters. The molecule has 6 heteroatoms. The van der Waals surface area contributed by atoms with E-state index in [0.29, 0.717) is 11.4 Å². The van der Waals surface area contributed by atoms with E-state index >= 15 is 0 Å². The molecule has 0 saturated heterocycles. The molecule has 0 spiro atoms. The van der Waals surface area contributed by atoms with E-state index in [0.717, 1.165) is 4.47 Å². The van der Waals surface area contributed by atoms with Crippen molar-refractivity contribution in [1.29, 1.82) is 0 Å². The maximum Gasteiger partial charge on any atom is 0.224 e. The molecule has 2 rings (SSSR count). The summed E-state index contributed by atoms with van der Waals surface area (Å²) in [5.41, 5.74) is 0.495. The molecule has 0 aliphatic heterocycles. The molecule has 0 radical (unpaired) electrons. The summed E-state index contributed by atoms with van der Waals surface area (Å²) in [4.78, 5) is 23.4. The van der Waals surface area contributed by atoms with Gasteiger partial charge in [-0.1, -0.05) is 15.9 Å². The van der Waals surface area contributed by atoms with Gasteiger partial charge in [0, 0.05) is 23.0 Å². The van der Waals surface area contributed by atoms with Crippen LogP contribution >= 0.6 is 15.9 Å². The van der Waals surface area contributed by atoms with Gasteiger partial charge in [0.05, 0.1) is 0 Å². The summed E-state index contributed by atoms with van der Waals surface area (Å²) in [6.45, 7) is -0.0779. The van der Waals surface area contributed by atoms with Gasteiger partial charge in [-0.2, -0.15) is 0 Å². The average molecular weight is 380 g/mol. The monoisotopic (exact) mass is 379 g/mol. The van der Waals surface area contributed by atoms with Gasteiger partial charge in [-0.15, -0.1) is 0 Å². The van der Waals surface area contributed by atoms with Crippen LogP contribution in [0.15, 0.2) is 53.0 Å². The van der Waals surface area contributed by atoms with Crippen LogP contribution in [0.2, 0.25) is 0 Å². The number of carbonyl (C=O) groups excluding carboxylic acids is 2. The van der Waals surface area contributed by atoms with Gasteiger partial charge in [0.1, 0.15) is 18.2 Å². The first-order valence-electron chi connectivity index (χ1n) is 6.98. The molecule has 2 aromatic carbocycles. The van der Waals surface area contributed by atoms with Gasteiger partial charge < -0.3 is 10.1 Å². The number of amides is 1. The molecule has 0 saturated carbocycles. The van der Waals surface area contributed by atoms with Crippen LogP contribution in [0.1, 0.15) is 12.8 Å². The third-order valence-electron chi connectivity index (χ3n) is 2.97. The van der Waals surface area contributed by atoms with E-state index in [1.165, 1.54) is 24.3 Å². The third kappa shape index (κ3) is 6.20. The fourth-order valence-corrected chi connectivity index (χ4v) is 2.04. The summed E-state index contributed by atoms with van der Waals surface area (Å²) in [5.74, 6) is -0.239. The van der Waals surface area contributed by atoms with Gasteiger partial charge in [0.15, 0.2) is 5.78 Å². The van der Waals surface area contributed by atoms with E-state index in [1.807, 2.05) is 12.1 Å². The first kappa shape index (κ1) is 17.1. The number of nitrogens with one attached hydrogen (secondary N) is 1. The smallest absolute Gasteiger partial charge is 0.224 e. The molecule has 0 heterocycles. The second-order valence-electron chi connectivity index (χ2n) is 4.84. The first-order chi connectivity index (χ1) is 11.0. The molecular weight excluding hydrogens is 365 g/mol. The van der Waals surface area contributed by atoms with Gasteiger partial charge in [-0.25, -0.2) is 4.39 Å². The van der Waals surface area contributed by atoms with Gasteiger partial charge in [0.2, 0.25) is 5.91 Å². The van der Waals surface area contributed by atoms with E-state index < -0.39 is 0 Å². The second-order valence-corrected chi connectivity index (χ2v) is 5.75. The van der Waals surface area contributed by atoms with Gasteiger partial charge in [-0.3, -0.25) is 9.59 Å². The van der Waals surface area contributed by atoms with Crippen molar-refractivity contribution in [2.45, 2.75) is 12.8 Å². The zero-order valence-electron chi connectivity index (χ0n) is 12.2. The van der Waals surface area contributed by atoms with Crippen LogP contribution in [0.5, 0.6) is 5.75 Å². The Morgan fingerprint density at radius 1 is 1.00 bits per heavy atom. The van der Waals surface area contributed by atoms with Gasteiger partial charge in [0.25, 0.3) is 0 Å². The molecule has 23 heavy (non-hydrogen) atoms. The van der Waals surface area contributed by atoms with Crippen molar-refractivity contribution in [2.75, 3.05) is 11.9 Å². The molecular formula is C17H15BrFNO3. The molecule has 0 aromatic heterocycles. The minimum Gasteiger partial charge on any atom is -0.486 e. The predicted octanol–water partition coefficient (Wildman–Crippen LogP) is 3.96. The summed E-state index contributed by atoms with van der Waals surface area (Å²) in [6.07, 6.45) is 0.142. The Labute approximate surface area is 141 Å². The van der Waals surface area contributed by atoms with Crippen molar-refractivity contribution in [2.24, 2.45) is 0 Å². The van der Waals surface area contributed by atoms with Crippen molar-refractivity contribution in [3.8, 4) is 5.75 Å². The molecule has 2 aromatic rings. The van der Waals surface area contributed by atoms with Crippen LogP contribution in [-0.2, 0) is 9.59 Å². The van der Waals surface area contributed by atoms with Crippen LogP contribution < -0.4 is 10.1 Å². The predicted molar refractivity (Wildman–Crippen MR) is 88.9 cm³/mol. The zero-order chi connectivity index (χ0) is 16.7. The number of carbonyl (C=O) groups is 2. The lowest BCUT2D eigenvalue weighted by Gasteiger charge is -2.06. The molecule has 0 unspecified atom stereocenters. The number of benzene rings is 2. The number of halogens is 2. The maximum absolute atomic E-state index is 12.8. The van der Waals surface area contributed by atoms with Crippen molar-refractivity contribution in [3.05, 3.63) is 58.8 Å². The third-order valence-corrected chi connectivity index (χ3v) is 3.50. The zero-order valence-corrected chi connectivity index (χ0v) is 13.8. The number of ketones is 1. The lowest BCUT2D eigenvalue weighted by atomic mass is 10.2. The van der Waals surface area contributed by atoms with Gasteiger partial charge >= 0.3 is 0 Å². The fraction of sp³-hybridized carbons (Fsp3) is 0.176. The number of rotatable bonds is 7. The number of hydrogen-bond acceptors (Lipinski definition) is 3. The normalized spacial score (nSPS) is 10.2. The summed E-state index contributed by atoms with van der Waals surface area (Å²) < 4.78 is 19.0. The molecule has 0 bridgehead atoms. The van der Waals surface area contributed by atoms with Crippen LogP contribution in [0.25, 0.3) is 0 Å². The molecule has 1 amide bonds. The van der Waals surface area contributed by atoms with Gasteiger partial charge in [-0.05, 0) is 48.5 Å². The number of anilines is 1. The average Bonchev–Trinajstić information content (AvgIpc) is 2.54. The van der Waals surface area contributed by atoms with Crippen LogP contribution in [0, 0.1) is 5.82 Å². The standard InChI is InChI=1S/C17H15BrFNO3/c18-12-1-8-16(9-2-12)23-11-15(21)7-10-17(22)20-14-5-3-13(19)4-6-14/h1-6,8-9H,7,10-11H2,(H,20,22). The van der Waals surface area contributed by atoms with Crippen LogP contribution in [-0.4, -0.2) is 18.3 Å². The fourth-order valence-electron chi connectivity index (χ4n) is 1.78. The lowest BCUT2D eigenvalue weighted by Crippen LogP contribution is -2.16. The Balaban J connectivity index is 1.70. The Hall–Kier alpha value is -2.21. The minimum absolute atomic E-state index is 0.0555. The first-order valence-corrected chi connectivity index (χ1v) is 7.78. The highest BCUT2D eigenvalue weighted by molar-refractivity contribution is 9.10. The quantitative estimate of drug-likeness (QED) is 0.791. The van der Waals surface area contributed by atoms with Crippen molar-refractivity contribution < 1.29 is 18.7 Å². The van der Waals surface area contributed by atoms with Crippen molar-refractivity contribution in [3.63, 3.8) is 0 Å². The summed E-state index contributed by atoms with van der Waals surface area (Å²) in [7, 11) is 0. The molecule has 4 nitrogen and oxygen atoms in total. The summed E-state index contributed by atoms with van der Waals surface area (Å²) in [6, 6.07) is 12.6. The SMILES string of the molecule is O=C(CCC(=O)Nc1ccc(F)cc1)COc1ccc(Br)cc1. The maximum atomic E-state index is 12.8. The lowest BCUT2D eigenvalue weighted by molar-refractivity contribution is -0.124. The Kier molecular flexibility index (Phi) is 6.29.